The van der Waals surface area contributed by atoms with Crippen LogP contribution in [0.1, 0.15) is 5.56 Å². The number of para-hydroxylation sites is 1. The van der Waals surface area contributed by atoms with Gasteiger partial charge in [-0.15, -0.1) is 0 Å². The number of carboxylic acid groups (broad SMARTS) is 2. The van der Waals surface area contributed by atoms with Crippen molar-refractivity contribution in [3.8, 4) is 6.07 Å². The zero-order chi connectivity index (χ0) is 12.3. The lowest BCUT2D eigenvalue weighted by molar-refractivity contribution is 0.184. The lowest BCUT2D eigenvalue weighted by Gasteiger charge is -2.15. The lowest BCUT2D eigenvalue weighted by Crippen LogP contribution is -2.35. The molecule has 2 amide bonds. The van der Waals surface area contributed by atoms with Crippen molar-refractivity contribution in [3.05, 3.63) is 29.6 Å². The minimum Gasteiger partial charge on any atom is -0.464 e. The normalized spacial score (nSPS) is 9.25. The van der Waals surface area contributed by atoms with E-state index in [2.05, 4.69) is 0 Å². The highest BCUT2D eigenvalue weighted by atomic mass is 19.1. The number of anilines is 1. The molecule has 0 atom stereocenters. The number of carbonyl (C=O) groups is 2. The number of hydrogen-bond acceptors (Lipinski definition) is 3. The van der Waals surface area contributed by atoms with Gasteiger partial charge in [0.15, 0.2) is 0 Å². The summed E-state index contributed by atoms with van der Waals surface area (Å²) in [6.07, 6.45) is -3.76. The highest BCUT2D eigenvalue weighted by molar-refractivity contribution is 6.08. The summed E-state index contributed by atoms with van der Waals surface area (Å²) in [4.78, 5) is 21.0. The quantitative estimate of drug-likeness (QED) is 0.757. The Kier molecular flexibility index (Phi) is 3.06. The maximum atomic E-state index is 13.3. The lowest BCUT2D eigenvalue weighted by atomic mass is 10.1. The van der Waals surface area contributed by atoms with Crippen LogP contribution in [-0.2, 0) is 0 Å². The topological polar surface area (TPSA) is 102 Å². The molecule has 0 radical (unpaired) electrons. The van der Waals surface area contributed by atoms with E-state index in [1.54, 1.807) is 0 Å². The molecule has 0 saturated carbocycles. The van der Waals surface area contributed by atoms with Gasteiger partial charge >= 0.3 is 12.2 Å². The highest BCUT2D eigenvalue weighted by Crippen LogP contribution is 2.24. The molecule has 1 aromatic rings. The number of halogens is 1. The van der Waals surface area contributed by atoms with Gasteiger partial charge in [0.05, 0.1) is 5.56 Å². The largest absolute Gasteiger partial charge is 0.464 e. The molecule has 2 N–H and O–H groups in total. The van der Waals surface area contributed by atoms with E-state index in [9.17, 15) is 14.0 Å². The molecule has 82 valence electrons. The zero-order valence-corrected chi connectivity index (χ0v) is 7.72. The van der Waals surface area contributed by atoms with E-state index in [1.807, 2.05) is 0 Å². The van der Waals surface area contributed by atoms with Gasteiger partial charge in [0.25, 0.3) is 0 Å². The molecule has 0 aromatic heterocycles. The number of benzene rings is 1. The molecule has 0 aliphatic heterocycles. The summed E-state index contributed by atoms with van der Waals surface area (Å²) >= 11 is 0. The average molecular weight is 224 g/mol. The minimum atomic E-state index is -1.88. The summed E-state index contributed by atoms with van der Waals surface area (Å²) < 4.78 is 13.3. The van der Waals surface area contributed by atoms with Crippen molar-refractivity contribution in [2.24, 2.45) is 0 Å². The Bertz CT molecular complexity index is 481. The van der Waals surface area contributed by atoms with Crippen LogP contribution in [0.2, 0.25) is 0 Å². The van der Waals surface area contributed by atoms with Crippen molar-refractivity contribution in [1.29, 1.82) is 5.26 Å². The van der Waals surface area contributed by atoms with Gasteiger partial charge in [0.2, 0.25) is 0 Å². The van der Waals surface area contributed by atoms with Crippen molar-refractivity contribution < 1.29 is 24.2 Å². The van der Waals surface area contributed by atoms with Gasteiger partial charge < -0.3 is 10.2 Å². The van der Waals surface area contributed by atoms with Crippen LogP contribution in [0.15, 0.2) is 18.2 Å². The number of nitrogens with zero attached hydrogens (tertiary/aromatic N) is 2. The first-order valence-electron chi connectivity index (χ1n) is 3.93. The van der Waals surface area contributed by atoms with Crippen molar-refractivity contribution in [1.82, 2.24) is 0 Å². The first kappa shape index (κ1) is 11.5. The Morgan fingerprint density at radius 2 is 1.88 bits per heavy atom. The third kappa shape index (κ3) is 1.90. The monoisotopic (exact) mass is 224 g/mol. The van der Waals surface area contributed by atoms with Gasteiger partial charge in [-0.3, -0.25) is 0 Å². The van der Waals surface area contributed by atoms with E-state index in [0.717, 1.165) is 12.1 Å². The Morgan fingerprint density at radius 1 is 1.31 bits per heavy atom. The average Bonchev–Trinajstić information content (AvgIpc) is 2.19. The molecular formula is C9H5FN2O4. The first-order valence-corrected chi connectivity index (χ1v) is 3.93. The number of amides is 2. The van der Waals surface area contributed by atoms with Crippen LogP contribution >= 0.6 is 0 Å². The van der Waals surface area contributed by atoms with Crippen molar-refractivity contribution in [2.45, 2.75) is 0 Å². The van der Waals surface area contributed by atoms with E-state index in [1.165, 1.54) is 12.1 Å². The molecular weight excluding hydrogens is 219 g/mol. The standard InChI is InChI=1S/C9H5FN2O4/c10-6-3-1-2-5(4-11)7(6)12(8(13)14)9(15)16/h1-3H,(H,13,14)(H,15,16). The van der Waals surface area contributed by atoms with Crippen LogP contribution in [0.4, 0.5) is 19.7 Å². The fourth-order valence-electron chi connectivity index (χ4n) is 1.11. The third-order valence-electron chi connectivity index (χ3n) is 1.71. The second-order valence-electron chi connectivity index (χ2n) is 2.65. The predicted molar refractivity (Wildman–Crippen MR) is 49.6 cm³/mol. The molecule has 0 heterocycles. The van der Waals surface area contributed by atoms with E-state index >= 15 is 0 Å². The summed E-state index contributed by atoms with van der Waals surface area (Å²) in [5.74, 6) is -1.09. The van der Waals surface area contributed by atoms with Gasteiger partial charge in [0.1, 0.15) is 17.6 Å². The number of imide groups is 1. The number of hydrogen-bond donors (Lipinski definition) is 2. The third-order valence-corrected chi connectivity index (χ3v) is 1.71. The van der Waals surface area contributed by atoms with Crippen molar-refractivity contribution >= 4 is 17.9 Å². The summed E-state index contributed by atoms with van der Waals surface area (Å²) in [5, 5.41) is 25.8. The fraction of sp³-hybridized carbons (Fsp3) is 0. The molecule has 0 spiro atoms. The maximum Gasteiger partial charge on any atom is 0.421 e. The molecule has 1 aromatic carbocycles. The smallest absolute Gasteiger partial charge is 0.421 e. The van der Waals surface area contributed by atoms with Crippen molar-refractivity contribution in [2.75, 3.05) is 4.90 Å². The summed E-state index contributed by atoms with van der Waals surface area (Å²) in [6.45, 7) is 0. The second kappa shape index (κ2) is 4.27. The predicted octanol–water partition coefficient (Wildman–Crippen LogP) is 1.86. The molecule has 0 unspecified atom stereocenters. The molecule has 7 heteroatoms. The van der Waals surface area contributed by atoms with E-state index < -0.39 is 23.7 Å². The van der Waals surface area contributed by atoms with Gasteiger partial charge in [-0.05, 0) is 12.1 Å². The Morgan fingerprint density at radius 3 is 2.31 bits per heavy atom. The Balaban J connectivity index is 3.46. The Hall–Kier alpha value is -2.62. The second-order valence-corrected chi connectivity index (χ2v) is 2.65. The molecule has 0 aliphatic rings. The maximum absolute atomic E-state index is 13.3. The number of rotatable bonds is 1. The van der Waals surface area contributed by atoms with Crippen LogP contribution in [0.5, 0.6) is 0 Å². The first-order chi connectivity index (χ1) is 7.49. The molecule has 0 saturated heterocycles. The summed E-state index contributed by atoms with van der Waals surface area (Å²) in [5.41, 5.74) is -1.16. The molecule has 0 fully saturated rings. The van der Waals surface area contributed by atoms with Crippen LogP contribution in [0.25, 0.3) is 0 Å². The van der Waals surface area contributed by atoms with Crippen LogP contribution < -0.4 is 4.90 Å². The van der Waals surface area contributed by atoms with Crippen molar-refractivity contribution in [3.63, 3.8) is 0 Å². The highest BCUT2D eigenvalue weighted by Gasteiger charge is 2.27. The molecule has 16 heavy (non-hydrogen) atoms. The van der Waals surface area contributed by atoms with E-state index in [4.69, 9.17) is 15.5 Å². The molecule has 6 nitrogen and oxygen atoms in total. The molecule has 0 aliphatic carbocycles. The molecule has 1 rings (SSSR count). The van der Waals surface area contributed by atoms with Gasteiger partial charge in [0, 0.05) is 0 Å². The zero-order valence-electron chi connectivity index (χ0n) is 7.72. The van der Waals surface area contributed by atoms with Gasteiger partial charge in [-0.25, -0.2) is 14.0 Å². The van der Waals surface area contributed by atoms with E-state index in [0.29, 0.717) is 0 Å². The minimum absolute atomic E-state index is 0.242. The SMILES string of the molecule is N#Cc1cccc(F)c1N(C(=O)O)C(=O)O. The van der Waals surface area contributed by atoms with Gasteiger partial charge in [-0.2, -0.15) is 10.2 Å². The van der Waals surface area contributed by atoms with Gasteiger partial charge in [-0.1, -0.05) is 6.07 Å². The van der Waals surface area contributed by atoms with Crippen LogP contribution in [0, 0.1) is 17.1 Å². The van der Waals surface area contributed by atoms with E-state index in [-0.39, 0.29) is 10.5 Å². The molecule has 0 bridgehead atoms. The Labute approximate surface area is 88.8 Å². The van der Waals surface area contributed by atoms with Crippen LogP contribution in [-0.4, -0.2) is 22.4 Å². The summed E-state index contributed by atoms with van der Waals surface area (Å²) in [6, 6.07) is 4.69. The number of nitriles is 1. The summed E-state index contributed by atoms with van der Waals surface area (Å²) in [7, 11) is 0. The fourth-order valence-corrected chi connectivity index (χ4v) is 1.11. The van der Waals surface area contributed by atoms with Crippen LogP contribution in [0.3, 0.4) is 0 Å².